The molecule has 0 fully saturated rings. The van der Waals surface area contributed by atoms with Crippen molar-refractivity contribution in [3.05, 3.63) is 47.0 Å². The molecule has 0 bridgehead atoms. The molecule has 134 valence electrons. The standard InChI is InChI=1S/C18H20ClNO5/c1-3-23-15-6-4-5-7-16(15)24-8-9-25-18-14(19)10-13(12-20-21)11-17(18)22-2/h4-7,10-12,21H,3,8-9H2,1-2H3. The van der Waals surface area contributed by atoms with Gasteiger partial charge in [0, 0.05) is 5.56 Å². The molecule has 1 N–H and O–H groups in total. The highest BCUT2D eigenvalue weighted by molar-refractivity contribution is 6.32. The molecule has 0 unspecified atom stereocenters. The summed E-state index contributed by atoms with van der Waals surface area (Å²) in [6, 6.07) is 10.7. The van der Waals surface area contributed by atoms with Gasteiger partial charge in [0.05, 0.1) is 25.0 Å². The average Bonchev–Trinajstić information content (AvgIpc) is 2.61. The van der Waals surface area contributed by atoms with E-state index < -0.39 is 0 Å². The number of ether oxygens (including phenoxy) is 4. The van der Waals surface area contributed by atoms with Crippen LogP contribution >= 0.6 is 11.6 Å². The Morgan fingerprint density at radius 3 is 2.36 bits per heavy atom. The van der Waals surface area contributed by atoms with Crippen molar-refractivity contribution in [2.24, 2.45) is 5.16 Å². The number of hydrogen-bond donors (Lipinski definition) is 1. The molecule has 2 aromatic carbocycles. The number of nitrogens with zero attached hydrogens (tertiary/aromatic N) is 1. The third-order valence-corrected chi connectivity index (χ3v) is 3.48. The fourth-order valence-corrected chi connectivity index (χ4v) is 2.43. The monoisotopic (exact) mass is 365 g/mol. The first kappa shape index (κ1) is 18.7. The SMILES string of the molecule is CCOc1ccccc1OCCOc1c(Cl)cc(C=NO)cc1OC. The number of oxime groups is 1. The van der Waals surface area contributed by atoms with Crippen LogP contribution in [0, 0.1) is 0 Å². The van der Waals surface area contributed by atoms with Crippen LogP contribution in [0.25, 0.3) is 0 Å². The molecule has 0 spiro atoms. The van der Waals surface area contributed by atoms with Gasteiger partial charge in [-0.25, -0.2) is 0 Å². The van der Waals surface area contributed by atoms with Crippen LogP contribution < -0.4 is 18.9 Å². The number of benzene rings is 2. The highest BCUT2D eigenvalue weighted by atomic mass is 35.5. The Bertz CT molecular complexity index is 721. The van der Waals surface area contributed by atoms with Gasteiger partial charge < -0.3 is 24.2 Å². The van der Waals surface area contributed by atoms with Crippen LogP contribution in [0.5, 0.6) is 23.0 Å². The zero-order chi connectivity index (χ0) is 18.1. The molecule has 6 nitrogen and oxygen atoms in total. The molecule has 0 radical (unpaired) electrons. The van der Waals surface area contributed by atoms with Gasteiger partial charge in [-0.2, -0.15) is 0 Å². The number of methoxy groups -OCH3 is 1. The maximum absolute atomic E-state index is 8.61. The van der Waals surface area contributed by atoms with Crippen LogP contribution in [0.3, 0.4) is 0 Å². The van der Waals surface area contributed by atoms with Gasteiger partial charge in [0.1, 0.15) is 13.2 Å². The Balaban J connectivity index is 1.98. The number of rotatable bonds is 9. The predicted octanol–water partition coefficient (Wildman–Crippen LogP) is 4.01. The minimum Gasteiger partial charge on any atom is -0.493 e. The van der Waals surface area contributed by atoms with E-state index in [9.17, 15) is 0 Å². The van der Waals surface area contributed by atoms with E-state index in [2.05, 4.69) is 5.16 Å². The summed E-state index contributed by atoms with van der Waals surface area (Å²) in [6.45, 7) is 3.06. The van der Waals surface area contributed by atoms with Gasteiger partial charge >= 0.3 is 0 Å². The van der Waals surface area contributed by atoms with Gasteiger partial charge in [-0.1, -0.05) is 28.9 Å². The third-order valence-electron chi connectivity index (χ3n) is 3.19. The molecule has 0 atom stereocenters. The molecule has 25 heavy (non-hydrogen) atoms. The van der Waals surface area contributed by atoms with Crippen LogP contribution in [0.1, 0.15) is 12.5 Å². The molecular formula is C18H20ClNO5. The third kappa shape index (κ3) is 5.19. The number of hydrogen-bond acceptors (Lipinski definition) is 6. The van der Waals surface area contributed by atoms with Crippen molar-refractivity contribution >= 4 is 17.8 Å². The van der Waals surface area contributed by atoms with E-state index in [1.165, 1.54) is 13.3 Å². The minimum atomic E-state index is 0.268. The molecule has 0 aliphatic carbocycles. The molecule has 0 heterocycles. The molecule has 2 rings (SSSR count). The van der Waals surface area contributed by atoms with Crippen LogP contribution in [0.4, 0.5) is 0 Å². The van der Waals surface area contributed by atoms with E-state index in [0.29, 0.717) is 46.8 Å². The summed E-state index contributed by atoms with van der Waals surface area (Å²) < 4.78 is 22.2. The van der Waals surface area contributed by atoms with Gasteiger partial charge in [-0.3, -0.25) is 0 Å². The fourth-order valence-electron chi connectivity index (χ4n) is 2.16. The number of halogens is 1. The molecule has 0 saturated carbocycles. The average molecular weight is 366 g/mol. The Morgan fingerprint density at radius 2 is 1.72 bits per heavy atom. The molecule has 0 aliphatic heterocycles. The topological polar surface area (TPSA) is 69.5 Å². The van der Waals surface area contributed by atoms with E-state index in [0.717, 1.165) is 0 Å². The summed E-state index contributed by atoms with van der Waals surface area (Å²) in [7, 11) is 1.51. The lowest BCUT2D eigenvalue weighted by molar-refractivity contribution is 0.203. The summed E-state index contributed by atoms with van der Waals surface area (Å²) in [5, 5.41) is 11.9. The van der Waals surface area contributed by atoms with E-state index in [1.807, 2.05) is 31.2 Å². The summed E-state index contributed by atoms with van der Waals surface area (Å²) in [5.74, 6) is 2.19. The Morgan fingerprint density at radius 1 is 1.04 bits per heavy atom. The Kier molecular flexibility index (Phi) is 7.22. The second-order valence-electron chi connectivity index (χ2n) is 4.86. The molecule has 0 saturated heterocycles. The van der Waals surface area contributed by atoms with Gasteiger partial charge in [-0.05, 0) is 31.2 Å². The summed E-state index contributed by atoms with van der Waals surface area (Å²) in [4.78, 5) is 0. The maximum atomic E-state index is 8.61. The number of para-hydroxylation sites is 2. The highest BCUT2D eigenvalue weighted by Crippen LogP contribution is 2.36. The van der Waals surface area contributed by atoms with Crippen molar-refractivity contribution < 1.29 is 24.2 Å². The second-order valence-corrected chi connectivity index (χ2v) is 5.26. The van der Waals surface area contributed by atoms with E-state index in [-0.39, 0.29) is 6.61 Å². The molecule has 7 heteroatoms. The van der Waals surface area contributed by atoms with Crippen LogP contribution in [0.15, 0.2) is 41.6 Å². The zero-order valence-electron chi connectivity index (χ0n) is 14.1. The van der Waals surface area contributed by atoms with E-state index in [1.54, 1.807) is 12.1 Å². The molecule has 0 amide bonds. The first-order valence-corrected chi connectivity index (χ1v) is 8.09. The maximum Gasteiger partial charge on any atom is 0.179 e. The van der Waals surface area contributed by atoms with Crippen LogP contribution in [0.2, 0.25) is 5.02 Å². The van der Waals surface area contributed by atoms with Crippen LogP contribution in [-0.2, 0) is 0 Å². The largest absolute Gasteiger partial charge is 0.493 e. The Labute approximate surface area is 151 Å². The Hall–Kier alpha value is -2.60. The lowest BCUT2D eigenvalue weighted by Crippen LogP contribution is -2.10. The van der Waals surface area contributed by atoms with Crippen molar-refractivity contribution in [1.82, 2.24) is 0 Å². The summed E-state index contributed by atoms with van der Waals surface area (Å²) in [6.07, 6.45) is 1.26. The summed E-state index contributed by atoms with van der Waals surface area (Å²) in [5.41, 5.74) is 0.596. The van der Waals surface area contributed by atoms with Gasteiger partial charge in [0.25, 0.3) is 0 Å². The van der Waals surface area contributed by atoms with Gasteiger partial charge in [0.15, 0.2) is 23.0 Å². The van der Waals surface area contributed by atoms with Crippen molar-refractivity contribution in [1.29, 1.82) is 0 Å². The van der Waals surface area contributed by atoms with Gasteiger partial charge in [-0.15, -0.1) is 0 Å². The van der Waals surface area contributed by atoms with Crippen molar-refractivity contribution in [3.63, 3.8) is 0 Å². The predicted molar refractivity (Wildman–Crippen MR) is 96.0 cm³/mol. The van der Waals surface area contributed by atoms with Crippen molar-refractivity contribution in [3.8, 4) is 23.0 Å². The van der Waals surface area contributed by atoms with Gasteiger partial charge in [0.2, 0.25) is 0 Å². The zero-order valence-corrected chi connectivity index (χ0v) is 14.8. The highest BCUT2D eigenvalue weighted by Gasteiger charge is 2.12. The lowest BCUT2D eigenvalue weighted by atomic mass is 10.2. The molecule has 0 aliphatic rings. The molecule has 2 aromatic rings. The summed E-state index contributed by atoms with van der Waals surface area (Å²) >= 11 is 6.20. The quantitative estimate of drug-likeness (QED) is 0.314. The molecular weight excluding hydrogens is 346 g/mol. The lowest BCUT2D eigenvalue weighted by Gasteiger charge is -2.14. The normalized spacial score (nSPS) is 10.7. The molecule has 0 aromatic heterocycles. The van der Waals surface area contributed by atoms with Crippen molar-refractivity contribution in [2.45, 2.75) is 6.92 Å². The van der Waals surface area contributed by atoms with Crippen LogP contribution in [-0.4, -0.2) is 38.4 Å². The first-order valence-electron chi connectivity index (χ1n) is 7.72. The first-order chi connectivity index (χ1) is 12.2. The van der Waals surface area contributed by atoms with E-state index >= 15 is 0 Å². The van der Waals surface area contributed by atoms with E-state index in [4.69, 9.17) is 35.8 Å². The fraction of sp³-hybridized carbons (Fsp3) is 0.278. The smallest absolute Gasteiger partial charge is 0.179 e. The minimum absolute atomic E-state index is 0.268. The second kappa shape index (κ2) is 9.64. The van der Waals surface area contributed by atoms with Crippen molar-refractivity contribution in [2.75, 3.05) is 26.9 Å².